The lowest BCUT2D eigenvalue weighted by molar-refractivity contribution is -0.0236. The molecular formula is C15H19NO5. The lowest BCUT2D eigenvalue weighted by atomic mass is 9.99. The Morgan fingerprint density at radius 1 is 1.52 bits per heavy atom. The van der Waals surface area contributed by atoms with E-state index in [0.717, 1.165) is 0 Å². The van der Waals surface area contributed by atoms with Crippen molar-refractivity contribution in [2.45, 2.75) is 38.3 Å². The number of aromatic nitrogens is 1. The number of rotatable bonds is 3. The van der Waals surface area contributed by atoms with Crippen LogP contribution in [0, 0.1) is 18.8 Å². The molecule has 2 heterocycles. The first-order chi connectivity index (χ1) is 10.0. The zero-order chi connectivity index (χ0) is 15.6. The van der Waals surface area contributed by atoms with E-state index in [4.69, 9.17) is 9.47 Å². The van der Waals surface area contributed by atoms with Gasteiger partial charge in [-0.05, 0) is 25.8 Å². The van der Waals surface area contributed by atoms with E-state index in [1.54, 1.807) is 19.9 Å². The minimum Gasteiger partial charge on any atom is -0.394 e. The summed E-state index contributed by atoms with van der Waals surface area (Å²) in [7, 11) is 1.47. The van der Waals surface area contributed by atoms with E-state index in [1.165, 1.54) is 7.11 Å². The summed E-state index contributed by atoms with van der Waals surface area (Å²) in [4.78, 5) is 14.4. The van der Waals surface area contributed by atoms with Crippen molar-refractivity contribution in [2.75, 3.05) is 13.7 Å². The Balaban J connectivity index is 2.51. The molecule has 4 atom stereocenters. The molecule has 0 spiro atoms. The van der Waals surface area contributed by atoms with Gasteiger partial charge in [-0.25, -0.2) is 0 Å². The highest BCUT2D eigenvalue weighted by atomic mass is 16.6. The molecule has 0 amide bonds. The van der Waals surface area contributed by atoms with Crippen molar-refractivity contribution in [2.24, 2.45) is 0 Å². The van der Waals surface area contributed by atoms with Crippen molar-refractivity contribution in [3.05, 3.63) is 33.2 Å². The van der Waals surface area contributed by atoms with Crippen molar-refractivity contribution in [3.63, 3.8) is 0 Å². The number of aliphatic hydroxyl groups excluding tert-OH is 2. The van der Waals surface area contributed by atoms with Crippen LogP contribution in [0.3, 0.4) is 0 Å². The summed E-state index contributed by atoms with van der Waals surface area (Å²) in [5.41, 5.74) is 1.38. The Morgan fingerprint density at radius 2 is 2.24 bits per heavy atom. The fourth-order valence-corrected chi connectivity index (χ4v) is 2.51. The van der Waals surface area contributed by atoms with E-state index in [1.807, 2.05) is 0 Å². The van der Waals surface area contributed by atoms with Crippen molar-refractivity contribution in [1.29, 1.82) is 0 Å². The fourth-order valence-electron chi connectivity index (χ4n) is 2.51. The molecule has 3 N–H and O–H groups in total. The number of H-pyrrole nitrogens is 1. The summed E-state index contributed by atoms with van der Waals surface area (Å²) in [6, 6.07) is 1.68. The predicted molar refractivity (Wildman–Crippen MR) is 75.9 cm³/mol. The van der Waals surface area contributed by atoms with Crippen molar-refractivity contribution in [1.82, 2.24) is 4.98 Å². The lowest BCUT2D eigenvalue weighted by Gasteiger charge is -2.20. The van der Waals surface area contributed by atoms with Gasteiger partial charge in [0.05, 0.1) is 12.3 Å². The average Bonchev–Trinajstić information content (AvgIpc) is 2.78. The molecule has 1 aromatic rings. The highest BCUT2D eigenvalue weighted by molar-refractivity contribution is 5.39. The van der Waals surface area contributed by atoms with Crippen LogP contribution in [0.5, 0.6) is 0 Å². The van der Waals surface area contributed by atoms with Gasteiger partial charge in [-0.15, -0.1) is 0 Å². The van der Waals surface area contributed by atoms with E-state index < -0.39 is 24.4 Å². The van der Waals surface area contributed by atoms with Crippen LogP contribution in [0.2, 0.25) is 0 Å². The highest BCUT2D eigenvalue weighted by Crippen LogP contribution is 2.36. The molecule has 0 aliphatic carbocycles. The quantitative estimate of drug-likeness (QED) is 0.675. The van der Waals surface area contributed by atoms with Gasteiger partial charge < -0.3 is 24.7 Å². The van der Waals surface area contributed by atoms with E-state index in [2.05, 4.69) is 16.8 Å². The second-order valence-corrected chi connectivity index (χ2v) is 4.96. The summed E-state index contributed by atoms with van der Waals surface area (Å²) in [6.45, 7) is 3.04. The second-order valence-electron chi connectivity index (χ2n) is 4.96. The Hall–Kier alpha value is -1.65. The third-order valence-corrected chi connectivity index (χ3v) is 3.60. The molecule has 0 radical (unpaired) electrons. The minimum absolute atomic E-state index is 0.220. The number of hydrogen-bond donors (Lipinski definition) is 3. The molecule has 1 aromatic heterocycles. The van der Waals surface area contributed by atoms with Gasteiger partial charge in [0, 0.05) is 18.2 Å². The van der Waals surface area contributed by atoms with Gasteiger partial charge in [0.2, 0.25) is 0 Å². The van der Waals surface area contributed by atoms with Crippen LogP contribution < -0.4 is 5.56 Å². The highest BCUT2D eigenvalue weighted by Gasteiger charge is 2.45. The first-order valence-electron chi connectivity index (χ1n) is 6.67. The smallest absolute Gasteiger partial charge is 0.251 e. The van der Waals surface area contributed by atoms with Crippen LogP contribution in [0.25, 0.3) is 0 Å². The van der Waals surface area contributed by atoms with Gasteiger partial charge in [0.15, 0.2) is 0 Å². The molecule has 2 rings (SSSR count). The molecule has 1 aliphatic rings. The average molecular weight is 293 g/mol. The summed E-state index contributed by atoms with van der Waals surface area (Å²) in [5, 5.41) is 19.4. The Bertz CT molecular complexity index is 627. The standard InChI is InChI=1S/C15H19NO5/c1-4-5-10-9(6-8(2)15(19)16-10)13-14(20-3)12(18)11(7-17)21-13/h6,11-14,17-18H,7H2,1-3H3,(H,16,19)/t11-,12?,13+,14+/m1/s1. The van der Waals surface area contributed by atoms with E-state index in [-0.39, 0.29) is 12.2 Å². The number of methoxy groups -OCH3 is 1. The van der Waals surface area contributed by atoms with Crippen LogP contribution in [-0.4, -0.2) is 47.2 Å². The number of ether oxygens (including phenoxy) is 2. The Morgan fingerprint density at radius 3 is 2.81 bits per heavy atom. The lowest BCUT2D eigenvalue weighted by Crippen LogP contribution is -2.34. The molecule has 0 saturated carbocycles. The molecule has 6 heteroatoms. The van der Waals surface area contributed by atoms with Gasteiger partial charge in [0.1, 0.15) is 24.4 Å². The first-order valence-corrected chi connectivity index (χ1v) is 6.67. The van der Waals surface area contributed by atoms with Gasteiger partial charge in [-0.3, -0.25) is 4.79 Å². The van der Waals surface area contributed by atoms with Crippen molar-refractivity contribution < 1.29 is 19.7 Å². The summed E-state index contributed by atoms with van der Waals surface area (Å²) < 4.78 is 11.0. The van der Waals surface area contributed by atoms with Gasteiger partial charge in [0.25, 0.3) is 5.56 Å². The summed E-state index contributed by atoms with van der Waals surface area (Å²) in [5.74, 6) is 5.56. The SMILES string of the molecule is CC#Cc1[nH]c(=O)c(C)cc1[C@@H]1O[C@H](CO)C(O)[C@@H]1OC. The van der Waals surface area contributed by atoms with Crippen LogP contribution in [0.1, 0.15) is 29.8 Å². The Kier molecular flexibility index (Phi) is 4.80. The van der Waals surface area contributed by atoms with Crippen molar-refractivity contribution >= 4 is 0 Å². The van der Waals surface area contributed by atoms with Crippen LogP contribution in [0.15, 0.2) is 10.9 Å². The van der Waals surface area contributed by atoms with Gasteiger partial charge >= 0.3 is 0 Å². The normalized spacial score (nSPS) is 28.2. The van der Waals surface area contributed by atoms with Gasteiger partial charge in [-0.1, -0.05) is 5.92 Å². The third-order valence-electron chi connectivity index (χ3n) is 3.60. The van der Waals surface area contributed by atoms with E-state index in [9.17, 15) is 15.0 Å². The number of aryl methyl sites for hydroxylation is 1. The van der Waals surface area contributed by atoms with Gasteiger partial charge in [-0.2, -0.15) is 0 Å². The predicted octanol–water partition coefficient (Wildman–Crippen LogP) is -0.137. The zero-order valence-corrected chi connectivity index (χ0v) is 12.2. The Labute approximate surface area is 122 Å². The number of pyridine rings is 1. The zero-order valence-electron chi connectivity index (χ0n) is 12.2. The fraction of sp³-hybridized carbons (Fsp3) is 0.533. The number of aliphatic hydroxyl groups is 2. The molecule has 6 nitrogen and oxygen atoms in total. The molecule has 1 saturated heterocycles. The monoisotopic (exact) mass is 293 g/mol. The van der Waals surface area contributed by atoms with Crippen LogP contribution in [-0.2, 0) is 9.47 Å². The molecule has 0 aromatic carbocycles. The summed E-state index contributed by atoms with van der Waals surface area (Å²) >= 11 is 0. The maximum absolute atomic E-state index is 11.7. The maximum atomic E-state index is 11.7. The molecule has 1 aliphatic heterocycles. The molecule has 114 valence electrons. The number of hydrogen-bond acceptors (Lipinski definition) is 5. The van der Waals surface area contributed by atoms with Crippen LogP contribution >= 0.6 is 0 Å². The van der Waals surface area contributed by atoms with Crippen molar-refractivity contribution in [3.8, 4) is 11.8 Å². The van der Waals surface area contributed by atoms with E-state index >= 15 is 0 Å². The summed E-state index contributed by atoms with van der Waals surface area (Å²) in [6.07, 6.45) is -2.91. The molecule has 0 bridgehead atoms. The minimum atomic E-state index is -0.945. The number of nitrogens with one attached hydrogen (secondary N) is 1. The number of aromatic amines is 1. The van der Waals surface area contributed by atoms with E-state index in [0.29, 0.717) is 16.8 Å². The molecule has 1 unspecified atom stereocenters. The second kappa shape index (κ2) is 6.41. The first kappa shape index (κ1) is 15.7. The molecule has 21 heavy (non-hydrogen) atoms. The largest absolute Gasteiger partial charge is 0.394 e. The third kappa shape index (κ3) is 2.87. The topological polar surface area (TPSA) is 91.8 Å². The van der Waals surface area contributed by atoms with Crippen LogP contribution in [0.4, 0.5) is 0 Å². The molecular weight excluding hydrogens is 274 g/mol. The molecule has 1 fully saturated rings. The maximum Gasteiger partial charge on any atom is 0.251 e.